The zero-order valence-corrected chi connectivity index (χ0v) is 15.4. The van der Waals surface area contributed by atoms with Gasteiger partial charge in [-0.3, -0.25) is 15.1 Å². The lowest BCUT2D eigenvalue weighted by atomic mass is 9.86. The quantitative estimate of drug-likeness (QED) is 0.720. The highest BCUT2D eigenvalue weighted by molar-refractivity contribution is 6.07. The molecule has 138 valence electrons. The van der Waals surface area contributed by atoms with Gasteiger partial charge in [0.1, 0.15) is 11.1 Å². The van der Waals surface area contributed by atoms with Gasteiger partial charge < -0.3 is 9.84 Å². The molecule has 1 amide bonds. The molecule has 2 N–H and O–H groups in total. The summed E-state index contributed by atoms with van der Waals surface area (Å²) in [4.78, 5) is 13.8. The molecule has 0 fully saturated rings. The molecule has 0 saturated carbocycles. The summed E-state index contributed by atoms with van der Waals surface area (Å²) in [6, 6.07) is 17.2. The average Bonchev–Trinajstić information content (AvgIpc) is 3.21. The summed E-state index contributed by atoms with van der Waals surface area (Å²) in [6.07, 6.45) is 1.38. The van der Waals surface area contributed by atoms with Crippen LogP contribution in [0.15, 0.2) is 59.3 Å². The first-order valence-electron chi connectivity index (χ1n) is 8.65. The highest BCUT2D eigenvalue weighted by atomic mass is 16.5. The van der Waals surface area contributed by atoms with E-state index in [-0.39, 0.29) is 11.9 Å². The van der Waals surface area contributed by atoms with Crippen LogP contribution in [-0.4, -0.2) is 29.0 Å². The van der Waals surface area contributed by atoms with E-state index in [0.29, 0.717) is 16.9 Å². The number of fused-ring (bicyclic) bond motifs is 1. The largest absolute Gasteiger partial charge is 0.358 e. The molecule has 7 nitrogen and oxygen atoms in total. The summed E-state index contributed by atoms with van der Waals surface area (Å²) < 4.78 is 5.46. The van der Waals surface area contributed by atoms with Gasteiger partial charge in [0, 0.05) is 7.05 Å². The van der Waals surface area contributed by atoms with Crippen molar-refractivity contribution in [3.05, 3.63) is 77.2 Å². The number of nitrogens with one attached hydrogen (secondary N) is 2. The first-order valence-corrected chi connectivity index (χ1v) is 8.65. The molecule has 0 saturated heterocycles. The summed E-state index contributed by atoms with van der Waals surface area (Å²) in [6.45, 7) is 1.85. The fraction of sp³-hybridized carbons (Fsp3) is 0.143. The number of carbonyl (C=O) groups excluding carboxylic acids is 1. The van der Waals surface area contributed by atoms with Crippen molar-refractivity contribution < 1.29 is 9.32 Å². The van der Waals surface area contributed by atoms with Crippen LogP contribution in [0.2, 0.25) is 0 Å². The third kappa shape index (κ3) is 2.63. The number of guanidine groups is 1. The van der Waals surface area contributed by atoms with E-state index in [0.717, 1.165) is 16.7 Å². The molecule has 3 aromatic rings. The van der Waals surface area contributed by atoms with Crippen LogP contribution < -0.4 is 5.32 Å². The fourth-order valence-corrected chi connectivity index (χ4v) is 3.39. The molecule has 4 rings (SSSR count). The maximum Gasteiger partial charge on any atom is 0.265 e. The fourth-order valence-electron chi connectivity index (χ4n) is 3.39. The average molecular weight is 371 g/mol. The molecule has 0 bridgehead atoms. The predicted octanol–water partition coefficient (Wildman–Crippen LogP) is 3.09. The molecular formula is C21H17N5O2. The minimum absolute atomic E-state index is 0.0317. The van der Waals surface area contributed by atoms with Crippen molar-refractivity contribution in [2.45, 2.75) is 12.5 Å². The number of rotatable bonds is 2. The van der Waals surface area contributed by atoms with Crippen LogP contribution in [0.1, 0.15) is 34.2 Å². The number of benzene rings is 2. The van der Waals surface area contributed by atoms with Crippen LogP contribution in [0.4, 0.5) is 0 Å². The van der Waals surface area contributed by atoms with Crippen LogP contribution in [0.25, 0.3) is 11.1 Å². The smallest absolute Gasteiger partial charge is 0.265 e. The maximum atomic E-state index is 12.6. The van der Waals surface area contributed by atoms with Gasteiger partial charge in [0.2, 0.25) is 0 Å². The SMILES string of the molecule is CN1C(=N)NC(C)(c2cccc(-c3cccc(C#N)c3)c2)c2oncc2C1=O. The number of aromatic nitrogens is 1. The molecule has 28 heavy (non-hydrogen) atoms. The Hall–Kier alpha value is -3.92. The van der Waals surface area contributed by atoms with Crippen LogP contribution in [0, 0.1) is 16.7 Å². The van der Waals surface area contributed by atoms with E-state index >= 15 is 0 Å². The van der Waals surface area contributed by atoms with Crippen molar-refractivity contribution >= 4 is 11.9 Å². The summed E-state index contributed by atoms with van der Waals surface area (Å²) in [5.74, 6) is -0.0272. The Labute approximate surface area is 161 Å². The van der Waals surface area contributed by atoms with E-state index in [1.807, 2.05) is 49.4 Å². The highest BCUT2D eigenvalue weighted by Gasteiger charge is 2.42. The number of nitriles is 1. The number of nitrogens with zero attached hydrogens (tertiary/aromatic N) is 3. The van der Waals surface area contributed by atoms with E-state index in [2.05, 4.69) is 16.5 Å². The van der Waals surface area contributed by atoms with Crippen molar-refractivity contribution in [3.63, 3.8) is 0 Å². The number of hydrogen-bond donors (Lipinski definition) is 2. The van der Waals surface area contributed by atoms with Crippen LogP contribution >= 0.6 is 0 Å². The van der Waals surface area contributed by atoms with Crippen LogP contribution in [0.5, 0.6) is 0 Å². The second-order valence-corrected chi connectivity index (χ2v) is 6.80. The summed E-state index contributed by atoms with van der Waals surface area (Å²) in [5, 5.41) is 24.3. The monoisotopic (exact) mass is 371 g/mol. The van der Waals surface area contributed by atoms with E-state index in [1.165, 1.54) is 18.1 Å². The molecule has 1 aliphatic rings. The highest BCUT2D eigenvalue weighted by Crippen LogP contribution is 2.36. The van der Waals surface area contributed by atoms with Crippen molar-refractivity contribution in [2.75, 3.05) is 7.05 Å². The third-order valence-electron chi connectivity index (χ3n) is 5.03. The molecule has 1 atom stereocenters. The summed E-state index contributed by atoms with van der Waals surface area (Å²) >= 11 is 0. The molecule has 0 radical (unpaired) electrons. The second kappa shape index (κ2) is 6.35. The molecular weight excluding hydrogens is 354 g/mol. The van der Waals surface area contributed by atoms with Gasteiger partial charge in [-0.15, -0.1) is 0 Å². The number of hydrogen-bond acceptors (Lipinski definition) is 5. The first-order chi connectivity index (χ1) is 13.4. The normalized spacial score (nSPS) is 18.8. The summed E-state index contributed by atoms with van der Waals surface area (Å²) in [5.41, 5.74) is 2.54. The minimum Gasteiger partial charge on any atom is -0.358 e. The Morgan fingerprint density at radius 3 is 2.68 bits per heavy atom. The lowest BCUT2D eigenvalue weighted by Gasteiger charge is -2.30. The van der Waals surface area contributed by atoms with E-state index < -0.39 is 5.54 Å². The third-order valence-corrected chi connectivity index (χ3v) is 5.03. The zero-order chi connectivity index (χ0) is 19.9. The Balaban J connectivity index is 1.87. The topological polar surface area (TPSA) is 106 Å². The molecule has 0 aliphatic carbocycles. The number of amides is 1. The van der Waals surface area contributed by atoms with Crippen LogP contribution in [-0.2, 0) is 5.54 Å². The second-order valence-electron chi connectivity index (χ2n) is 6.80. The van der Waals surface area contributed by atoms with Crippen LogP contribution in [0.3, 0.4) is 0 Å². The van der Waals surface area contributed by atoms with Crippen molar-refractivity contribution in [1.29, 1.82) is 10.7 Å². The predicted molar refractivity (Wildman–Crippen MR) is 103 cm³/mol. The Bertz CT molecular complexity index is 1140. The van der Waals surface area contributed by atoms with Gasteiger partial charge in [-0.25, -0.2) is 0 Å². The van der Waals surface area contributed by atoms with Gasteiger partial charge in [-0.05, 0) is 41.8 Å². The van der Waals surface area contributed by atoms with E-state index in [9.17, 15) is 4.79 Å². The molecule has 1 unspecified atom stereocenters. The van der Waals surface area contributed by atoms with E-state index in [1.54, 1.807) is 6.07 Å². The zero-order valence-electron chi connectivity index (χ0n) is 15.4. The van der Waals surface area contributed by atoms with Crippen molar-refractivity contribution in [1.82, 2.24) is 15.4 Å². The molecule has 0 spiro atoms. The van der Waals surface area contributed by atoms with Gasteiger partial charge in [0.25, 0.3) is 5.91 Å². The first kappa shape index (κ1) is 17.5. The lowest BCUT2D eigenvalue weighted by molar-refractivity contribution is 0.0868. The Morgan fingerprint density at radius 2 is 1.93 bits per heavy atom. The van der Waals surface area contributed by atoms with Crippen molar-refractivity contribution in [2.24, 2.45) is 0 Å². The van der Waals surface area contributed by atoms with Gasteiger partial charge in [0.05, 0.1) is 17.8 Å². The standard InChI is InChI=1S/C21H17N5O2/c1-21(18-17(12-24-28-18)19(27)26(2)20(23)25-21)16-8-4-7-15(10-16)14-6-3-5-13(9-14)11-22/h3-10,12H,1-2H3,(H2,23,25). The lowest BCUT2D eigenvalue weighted by Crippen LogP contribution is -2.48. The number of carbonyl (C=O) groups is 1. The Morgan fingerprint density at radius 1 is 1.21 bits per heavy atom. The maximum absolute atomic E-state index is 12.6. The molecule has 1 aliphatic heterocycles. The molecule has 2 heterocycles. The van der Waals surface area contributed by atoms with Gasteiger partial charge in [0.15, 0.2) is 11.7 Å². The minimum atomic E-state index is -0.966. The van der Waals surface area contributed by atoms with Gasteiger partial charge in [-0.1, -0.05) is 35.5 Å². The van der Waals surface area contributed by atoms with Gasteiger partial charge in [-0.2, -0.15) is 5.26 Å². The van der Waals surface area contributed by atoms with Gasteiger partial charge >= 0.3 is 0 Å². The molecule has 1 aromatic heterocycles. The molecule has 7 heteroatoms. The Kier molecular flexibility index (Phi) is 3.97. The van der Waals surface area contributed by atoms with Crippen molar-refractivity contribution in [3.8, 4) is 17.2 Å². The summed E-state index contributed by atoms with van der Waals surface area (Å²) in [7, 11) is 1.53. The molecule has 2 aromatic carbocycles. The van der Waals surface area contributed by atoms with E-state index in [4.69, 9.17) is 15.2 Å².